The number of para-hydroxylation sites is 1. The lowest BCUT2D eigenvalue weighted by molar-refractivity contribution is -0.110. The Hall–Kier alpha value is -1.52. The maximum Gasteiger partial charge on any atom is 0.256 e. The van der Waals surface area contributed by atoms with Crippen LogP contribution >= 0.6 is 23.1 Å². The molecule has 2 aromatic rings. The molecule has 96 valence electrons. The minimum Gasteiger partial charge on any atom is -0.321 e. The van der Waals surface area contributed by atoms with E-state index in [1.165, 1.54) is 9.09 Å². The summed E-state index contributed by atoms with van der Waals surface area (Å²) in [4.78, 5) is 13.2. The summed E-state index contributed by atoms with van der Waals surface area (Å²) in [7, 11) is 0. The number of benzene rings is 1. The third-order valence-electron chi connectivity index (χ3n) is 3.06. The van der Waals surface area contributed by atoms with Gasteiger partial charge in [0.15, 0.2) is 0 Å². The molecule has 1 aliphatic heterocycles. The standard InChI is InChI=1S/C15H13NOS2/c1-18-14-9-7-10(19-14)6-8-12-11-4-2-3-5-13(11)16-15(12)17/h2-5,7-9H,6H2,1H3,(H,16,17). The first kappa shape index (κ1) is 12.5. The highest BCUT2D eigenvalue weighted by Gasteiger charge is 2.22. The number of carbonyl (C=O) groups is 1. The zero-order valence-electron chi connectivity index (χ0n) is 10.5. The highest BCUT2D eigenvalue weighted by molar-refractivity contribution is 8.00. The van der Waals surface area contributed by atoms with Crippen molar-refractivity contribution < 1.29 is 4.79 Å². The zero-order valence-corrected chi connectivity index (χ0v) is 12.1. The van der Waals surface area contributed by atoms with Crippen LogP contribution in [0.3, 0.4) is 0 Å². The molecule has 0 saturated heterocycles. The van der Waals surface area contributed by atoms with Crippen molar-refractivity contribution in [1.82, 2.24) is 0 Å². The lowest BCUT2D eigenvalue weighted by Gasteiger charge is -1.96. The quantitative estimate of drug-likeness (QED) is 0.681. The van der Waals surface area contributed by atoms with E-state index in [1.807, 2.05) is 30.3 Å². The monoisotopic (exact) mass is 287 g/mol. The number of thiophene rings is 1. The maximum atomic E-state index is 11.9. The summed E-state index contributed by atoms with van der Waals surface area (Å²) in [6.45, 7) is 0. The molecule has 2 nitrogen and oxygen atoms in total. The average molecular weight is 287 g/mol. The summed E-state index contributed by atoms with van der Waals surface area (Å²) in [5.41, 5.74) is 2.71. The number of thioether (sulfide) groups is 1. The summed E-state index contributed by atoms with van der Waals surface area (Å²) in [6, 6.07) is 12.1. The predicted octanol–water partition coefficient (Wildman–Crippen LogP) is 4.05. The van der Waals surface area contributed by atoms with Crippen LogP contribution in [0.4, 0.5) is 5.69 Å². The summed E-state index contributed by atoms with van der Waals surface area (Å²) in [5.74, 6) is 0.00264. The van der Waals surface area contributed by atoms with Gasteiger partial charge in [-0.05, 0) is 24.5 Å². The molecular weight excluding hydrogens is 274 g/mol. The normalized spacial score (nSPS) is 15.6. The Labute approximate surface area is 120 Å². The lowest BCUT2D eigenvalue weighted by atomic mass is 10.1. The molecule has 1 N–H and O–H groups in total. The Morgan fingerprint density at radius 3 is 2.89 bits per heavy atom. The summed E-state index contributed by atoms with van der Waals surface area (Å²) in [6.07, 6.45) is 4.91. The molecule has 19 heavy (non-hydrogen) atoms. The number of hydrogen-bond acceptors (Lipinski definition) is 3. The van der Waals surface area contributed by atoms with Crippen LogP contribution < -0.4 is 5.32 Å². The fourth-order valence-corrected chi connectivity index (χ4v) is 3.68. The van der Waals surface area contributed by atoms with Crippen molar-refractivity contribution in [3.05, 3.63) is 52.9 Å². The highest BCUT2D eigenvalue weighted by Crippen LogP contribution is 2.32. The van der Waals surface area contributed by atoms with E-state index in [9.17, 15) is 4.79 Å². The number of hydrogen-bond donors (Lipinski definition) is 1. The molecule has 1 aromatic carbocycles. The molecule has 3 rings (SSSR count). The molecule has 0 fully saturated rings. The molecule has 1 aromatic heterocycles. The summed E-state index contributed by atoms with van der Waals surface area (Å²) in [5, 5.41) is 2.89. The Bertz CT molecular complexity index is 658. The fourth-order valence-electron chi connectivity index (χ4n) is 2.12. The third-order valence-corrected chi connectivity index (χ3v) is 5.25. The number of carbonyl (C=O) groups excluding carboxylic acids is 1. The third kappa shape index (κ3) is 2.46. The molecule has 1 aliphatic rings. The van der Waals surface area contributed by atoms with Crippen LogP contribution in [-0.2, 0) is 11.2 Å². The lowest BCUT2D eigenvalue weighted by Crippen LogP contribution is -2.03. The van der Waals surface area contributed by atoms with Crippen LogP contribution in [0.25, 0.3) is 5.57 Å². The van der Waals surface area contributed by atoms with Gasteiger partial charge in [-0.3, -0.25) is 4.79 Å². The number of rotatable bonds is 3. The van der Waals surface area contributed by atoms with Crippen LogP contribution in [0.5, 0.6) is 0 Å². The number of nitrogens with one attached hydrogen (secondary N) is 1. The molecule has 0 spiro atoms. The van der Waals surface area contributed by atoms with Crippen molar-refractivity contribution in [3.8, 4) is 0 Å². The van der Waals surface area contributed by atoms with Gasteiger partial charge in [0.2, 0.25) is 0 Å². The van der Waals surface area contributed by atoms with Gasteiger partial charge < -0.3 is 5.32 Å². The van der Waals surface area contributed by atoms with E-state index in [2.05, 4.69) is 23.7 Å². The zero-order chi connectivity index (χ0) is 13.2. The number of fused-ring (bicyclic) bond motifs is 1. The fraction of sp³-hybridized carbons (Fsp3) is 0.133. The van der Waals surface area contributed by atoms with Crippen LogP contribution in [-0.4, -0.2) is 12.2 Å². The van der Waals surface area contributed by atoms with E-state index in [0.29, 0.717) is 0 Å². The second kappa shape index (κ2) is 5.23. The molecule has 0 atom stereocenters. The molecule has 2 heterocycles. The first-order valence-electron chi connectivity index (χ1n) is 6.01. The van der Waals surface area contributed by atoms with Crippen LogP contribution in [0.15, 0.2) is 46.7 Å². The van der Waals surface area contributed by atoms with Gasteiger partial charge in [0.25, 0.3) is 5.91 Å². The second-order valence-electron chi connectivity index (χ2n) is 4.25. The first-order chi connectivity index (χ1) is 9.28. The summed E-state index contributed by atoms with van der Waals surface area (Å²) < 4.78 is 1.31. The number of anilines is 1. The van der Waals surface area contributed by atoms with Gasteiger partial charge >= 0.3 is 0 Å². The van der Waals surface area contributed by atoms with Gasteiger partial charge in [0.1, 0.15) is 0 Å². The second-order valence-corrected chi connectivity index (χ2v) is 6.52. The Morgan fingerprint density at radius 2 is 2.11 bits per heavy atom. The molecule has 0 saturated carbocycles. The van der Waals surface area contributed by atoms with Crippen molar-refractivity contribution in [1.29, 1.82) is 0 Å². The van der Waals surface area contributed by atoms with Gasteiger partial charge in [0.05, 0.1) is 4.21 Å². The number of allylic oxidation sites excluding steroid dienone is 1. The van der Waals surface area contributed by atoms with Crippen molar-refractivity contribution in [2.75, 3.05) is 11.6 Å². The minimum atomic E-state index is 0.00264. The molecular formula is C15H13NOS2. The van der Waals surface area contributed by atoms with Crippen molar-refractivity contribution in [2.24, 2.45) is 0 Å². The summed E-state index contributed by atoms with van der Waals surface area (Å²) >= 11 is 3.54. The Balaban J connectivity index is 1.85. The van der Waals surface area contributed by atoms with E-state index in [0.717, 1.165) is 23.2 Å². The predicted molar refractivity (Wildman–Crippen MR) is 82.9 cm³/mol. The topological polar surface area (TPSA) is 29.1 Å². The van der Waals surface area contributed by atoms with Crippen LogP contribution in [0.1, 0.15) is 10.4 Å². The Kier molecular flexibility index (Phi) is 3.44. The minimum absolute atomic E-state index is 0.00264. The highest BCUT2D eigenvalue weighted by atomic mass is 32.2. The van der Waals surface area contributed by atoms with E-state index in [-0.39, 0.29) is 5.91 Å². The van der Waals surface area contributed by atoms with Crippen LogP contribution in [0, 0.1) is 0 Å². The van der Waals surface area contributed by atoms with Gasteiger partial charge in [-0.25, -0.2) is 0 Å². The average Bonchev–Trinajstić information content (AvgIpc) is 3.00. The van der Waals surface area contributed by atoms with Gasteiger partial charge in [-0.15, -0.1) is 23.1 Å². The molecule has 4 heteroatoms. The van der Waals surface area contributed by atoms with Gasteiger partial charge in [-0.2, -0.15) is 0 Å². The Morgan fingerprint density at radius 1 is 1.26 bits per heavy atom. The van der Waals surface area contributed by atoms with Crippen molar-refractivity contribution in [3.63, 3.8) is 0 Å². The smallest absolute Gasteiger partial charge is 0.256 e. The van der Waals surface area contributed by atoms with Gasteiger partial charge in [-0.1, -0.05) is 24.3 Å². The molecule has 0 radical (unpaired) electrons. The van der Waals surface area contributed by atoms with Crippen molar-refractivity contribution >= 4 is 40.3 Å². The van der Waals surface area contributed by atoms with E-state index < -0.39 is 0 Å². The first-order valence-corrected chi connectivity index (χ1v) is 8.05. The van der Waals surface area contributed by atoms with Crippen LogP contribution in [0.2, 0.25) is 0 Å². The SMILES string of the molecule is CSc1ccc(CC=C2C(=O)Nc3ccccc32)s1. The number of amides is 1. The van der Waals surface area contributed by atoms with Gasteiger partial charge in [0, 0.05) is 28.1 Å². The molecule has 0 aliphatic carbocycles. The molecule has 0 bridgehead atoms. The van der Waals surface area contributed by atoms with Crippen molar-refractivity contribution in [2.45, 2.75) is 10.6 Å². The largest absolute Gasteiger partial charge is 0.321 e. The van der Waals surface area contributed by atoms with E-state index in [4.69, 9.17) is 0 Å². The van der Waals surface area contributed by atoms with E-state index >= 15 is 0 Å². The molecule has 0 unspecified atom stereocenters. The maximum absolute atomic E-state index is 11.9. The molecule has 1 amide bonds. The van der Waals surface area contributed by atoms with E-state index in [1.54, 1.807) is 23.1 Å².